The van der Waals surface area contributed by atoms with Gasteiger partial charge in [-0.2, -0.15) is 0 Å². The zero-order chi connectivity index (χ0) is 15.2. The lowest BCUT2D eigenvalue weighted by atomic mass is 9.67. The second-order valence-corrected chi connectivity index (χ2v) is 7.48. The smallest absolute Gasteiger partial charge is 0.0152 e. The van der Waals surface area contributed by atoms with Gasteiger partial charge in [0.1, 0.15) is 0 Å². The van der Waals surface area contributed by atoms with Crippen LogP contribution >= 0.6 is 0 Å². The van der Waals surface area contributed by atoms with E-state index in [-0.39, 0.29) is 0 Å². The quantitative estimate of drug-likeness (QED) is 0.465. The molecule has 0 heterocycles. The van der Waals surface area contributed by atoms with Gasteiger partial charge in [0.2, 0.25) is 0 Å². The van der Waals surface area contributed by atoms with E-state index in [9.17, 15) is 0 Å². The van der Waals surface area contributed by atoms with Crippen LogP contribution in [0.5, 0.6) is 0 Å². The van der Waals surface area contributed by atoms with Crippen LogP contribution in [0.4, 0.5) is 0 Å². The van der Waals surface area contributed by atoms with Crippen molar-refractivity contribution in [1.82, 2.24) is 0 Å². The fourth-order valence-corrected chi connectivity index (χ4v) is 3.41. The minimum atomic E-state index is 0.489. The van der Waals surface area contributed by atoms with E-state index in [1.807, 2.05) is 0 Å². The Hall–Kier alpha value is -0.780. The Balaban J connectivity index is 2.44. The van der Waals surface area contributed by atoms with E-state index in [4.69, 9.17) is 0 Å². The summed E-state index contributed by atoms with van der Waals surface area (Å²) in [5, 5.41) is 0. The molecule has 0 fully saturated rings. The molecule has 0 aliphatic heterocycles. The van der Waals surface area contributed by atoms with Gasteiger partial charge in [0.05, 0.1) is 0 Å². The summed E-state index contributed by atoms with van der Waals surface area (Å²) in [6.45, 7) is 13.9. The Morgan fingerprint density at radius 3 is 2.50 bits per heavy atom. The lowest BCUT2D eigenvalue weighted by molar-refractivity contribution is 0.205. The molecule has 1 aliphatic carbocycles. The third-order valence-corrected chi connectivity index (χ3v) is 4.79. The van der Waals surface area contributed by atoms with Gasteiger partial charge in [-0.25, -0.2) is 0 Å². The normalized spacial score (nSPS) is 22.4. The summed E-state index contributed by atoms with van der Waals surface area (Å²) in [5.41, 5.74) is 5.10. The van der Waals surface area contributed by atoms with Crippen molar-refractivity contribution in [2.75, 3.05) is 0 Å². The van der Waals surface area contributed by atoms with Gasteiger partial charge in [0.15, 0.2) is 0 Å². The summed E-state index contributed by atoms with van der Waals surface area (Å²) >= 11 is 0. The first-order valence-corrected chi connectivity index (χ1v) is 8.28. The molecule has 0 saturated carbocycles. The monoisotopic (exact) mass is 274 g/mol. The van der Waals surface area contributed by atoms with Gasteiger partial charge >= 0.3 is 0 Å². The van der Waals surface area contributed by atoms with Crippen LogP contribution in [0.2, 0.25) is 0 Å². The van der Waals surface area contributed by atoms with Crippen LogP contribution in [-0.4, -0.2) is 0 Å². The molecule has 0 nitrogen and oxygen atoms in total. The molecule has 114 valence electrons. The first-order chi connectivity index (χ1) is 9.33. The summed E-state index contributed by atoms with van der Waals surface area (Å²) < 4.78 is 0. The zero-order valence-electron chi connectivity index (χ0n) is 14.6. The summed E-state index contributed by atoms with van der Waals surface area (Å²) in [5.74, 6) is 0.776. The van der Waals surface area contributed by atoms with Crippen molar-refractivity contribution >= 4 is 0 Å². The summed E-state index contributed by atoms with van der Waals surface area (Å²) in [4.78, 5) is 0. The van der Waals surface area contributed by atoms with Gasteiger partial charge in [-0.05, 0) is 77.6 Å². The van der Waals surface area contributed by atoms with Gasteiger partial charge in [-0.3, -0.25) is 0 Å². The molecule has 1 aliphatic rings. The van der Waals surface area contributed by atoms with Crippen molar-refractivity contribution in [1.29, 1.82) is 0 Å². The maximum atomic E-state index is 2.47. The molecule has 0 spiro atoms. The highest BCUT2D eigenvalue weighted by atomic mass is 14.4. The van der Waals surface area contributed by atoms with Crippen molar-refractivity contribution in [3.05, 3.63) is 34.9 Å². The van der Waals surface area contributed by atoms with E-state index < -0.39 is 0 Å². The van der Waals surface area contributed by atoms with E-state index >= 15 is 0 Å². The molecule has 1 rings (SSSR count). The van der Waals surface area contributed by atoms with Crippen molar-refractivity contribution in [2.45, 2.75) is 80.1 Å². The van der Waals surface area contributed by atoms with E-state index in [0.717, 1.165) is 5.92 Å². The summed E-state index contributed by atoms with van der Waals surface area (Å²) in [7, 11) is 0. The highest BCUT2D eigenvalue weighted by Crippen LogP contribution is 2.43. The summed E-state index contributed by atoms with van der Waals surface area (Å²) in [6.07, 6.45) is 14.8. The molecule has 0 radical (unpaired) electrons. The Bertz CT molecular complexity index is 386. The van der Waals surface area contributed by atoms with E-state index in [2.05, 4.69) is 59.8 Å². The van der Waals surface area contributed by atoms with E-state index in [0.29, 0.717) is 5.41 Å². The van der Waals surface area contributed by atoms with E-state index in [1.54, 1.807) is 11.1 Å². The minimum Gasteiger partial charge on any atom is -0.0856 e. The van der Waals surface area contributed by atoms with Crippen LogP contribution in [0.15, 0.2) is 34.9 Å². The molecule has 0 heteroatoms. The lowest BCUT2D eigenvalue weighted by Crippen LogP contribution is -2.27. The zero-order valence-corrected chi connectivity index (χ0v) is 14.6. The standard InChI is InChI=1S/C20H34/c1-16(2)10-7-11-17(3)12-8-14-19-18(4)13-9-15-20(19,5)6/h10,12-13,19H,7-9,11,14-15H2,1-6H3/b17-12+. The van der Waals surface area contributed by atoms with Gasteiger partial charge in [-0.15, -0.1) is 0 Å². The topological polar surface area (TPSA) is 0 Å². The largest absolute Gasteiger partial charge is 0.0856 e. The second kappa shape index (κ2) is 7.86. The van der Waals surface area contributed by atoms with Crippen LogP contribution < -0.4 is 0 Å². The lowest BCUT2D eigenvalue weighted by Gasteiger charge is -2.38. The average Bonchev–Trinajstić information content (AvgIpc) is 2.32. The number of hydrogen-bond donors (Lipinski definition) is 0. The predicted octanol–water partition coefficient (Wildman–Crippen LogP) is 6.84. The fourth-order valence-electron chi connectivity index (χ4n) is 3.41. The molecule has 0 aromatic carbocycles. The van der Waals surface area contributed by atoms with E-state index in [1.165, 1.54) is 44.1 Å². The van der Waals surface area contributed by atoms with Crippen molar-refractivity contribution in [3.8, 4) is 0 Å². The molecule has 0 aromatic rings. The molecular formula is C20H34. The van der Waals surface area contributed by atoms with Gasteiger partial charge < -0.3 is 0 Å². The molecule has 20 heavy (non-hydrogen) atoms. The van der Waals surface area contributed by atoms with Crippen LogP contribution in [0.3, 0.4) is 0 Å². The van der Waals surface area contributed by atoms with Gasteiger partial charge in [0, 0.05) is 0 Å². The van der Waals surface area contributed by atoms with Crippen LogP contribution in [0.1, 0.15) is 80.1 Å². The Morgan fingerprint density at radius 1 is 1.20 bits per heavy atom. The SMILES string of the molecule is CC(C)=CCC/C(C)=C/CCC1C(C)=CCCC1(C)C. The predicted molar refractivity (Wildman–Crippen MR) is 91.9 cm³/mol. The van der Waals surface area contributed by atoms with Gasteiger partial charge in [0.25, 0.3) is 0 Å². The first kappa shape index (κ1) is 17.3. The Kier molecular flexibility index (Phi) is 6.79. The van der Waals surface area contributed by atoms with Crippen LogP contribution in [0, 0.1) is 11.3 Å². The minimum absolute atomic E-state index is 0.489. The first-order valence-electron chi connectivity index (χ1n) is 8.28. The maximum Gasteiger partial charge on any atom is -0.0152 e. The van der Waals surface area contributed by atoms with Crippen molar-refractivity contribution < 1.29 is 0 Å². The number of rotatable bonds is 6. The second-order valence-electron chi connectivity index (χ2n) is 7.48. The molecule has 0 saturated heterocycles. The molecular weight excluding hydrogens is 240 g/mol. The number of hydrogen-bond acceptors (Lipinski definition) is 0. The van der Waals surface area contributed by atoms with Crippen molar-refractivity contribution in [2.24, 2.45) is 11.3 Å². The molecule has 0 aromatic heterocycles. The summed E-state index contributed by atoms with van der Waals surface area (Å²) in [6, 6.07) is 0. The molecule has 1 atom stereocenters. The molecule has 0 bridgehead atoms. The third kappa shape index (κ3) is 5.69. The van der Waals surface area contributed by atoms with Crippen LogP contribution in [0.25, 0.3) is 0 Å². The molecule has 1 unspecified atom stereocenters. The molecule has 0 N–H and O–H groups in total. The maximum absolute atomic E-state index is 2.47. The fraction of sp³-hybridized carbons (Fsp3) is 0.700. The Morgan fingerprint density at radius 2 is 1.90 bits per heavy atom. The average molecular weight is 274 g/mol. The highest BCUT2D eigenvalue weighted by molar-refractivity contribution is 5.12. The highest BCUT2D eigenvalue weighted by Gasteiger charge is 2.31. The third-order valence-electron chi connectivity index (χ3n) is 4.79. The van der Waals surface area contributed by atoms with Gasteiger partial charge in [-0.1, -0.05) is 48.8 Å². The number of allylic oxidation sites excluding steroid dienone is 6. The van der Waals surface area contributed by atoms with Crippen molar-refractivity contribution in [3.63, 3.8) is 0 Å². The van der Waals surface area contributed by atoms with Crippen LogP contribution in [-0.2, 0) is 0 Å². The Labute approximate surface area is 127 Å². The molecule has 0 amide bonds.